The zero-order valence-electron chi connectivity index (χ0n) is 16.2. The molecular formula is C24H16FN3O3. The molecule has 2 aliphatic heterocycles. The number of para-hydroxylation sites is 1. The third-order valence-electron chi connectivity index (χ3n) is 5.59. The van der Waals surface area contributed by atoms with Crippen molar-refractivity contribution < 1.29 is 18.8 Å². The minimum atomic E-state index is -1.00. The molecule has 0 aliphatic carbocycles. The largest absolute Gasteiger partial charge is 0.273 e. The zero-order chi connectivity index (χ0) is 21.5. The van der Waals surface area contributed by atoms with E-state index < -0.39 is 35.7 Å². The Morgan fingerprint density at radius 1 is 0.839 bits per heavy atom. The predicted molar refractivity (Wildman–Crippen MR) is 110 cm³/mol. The van der Waals surface area contributed by atoms with Crippen LogP contribution < -0.4 is 9.96 Å². The third kappa shape index (κ3) is 3.05. The fraction of sp³-hybridized carbons (Fsp3) is 0.125. The van der Waals surface area contributed by atoms with Gasteiger partial charge in [-0.1, -0.05) is 30.3 Å². The lowest BCUT2D eigenvalue weighted by atomic mass is 9.90. The van der Waals surface area contributed by atoms with Crippen molar-refractivity contribution in [1.82, 2.24) is 0 Å². The molecule has 7 heteroatoms. The van der Waals surface area contributed by atoms with E-state index in [0.29, 0.717) is 16.9 Å². The summed E-state index contributed by atoms with van der Waals surface area (Å²) in [5, 5.41) is 10.7. The van der Waals surface area contributed by atoms with Gasteiger partial charge in [-0.15, -0.1) is 0 Å². The lowest BCUT2D eigenvalue weighted by molar-refractivity contribution is -0.126. The van der Waals surface area contributed by atoms with Crippen LogP contribution in [0.5, 0.6) is 0 Å². The van der Waals surface area contributed by atoms with Gasteiger partial charge in [-0.05, 0) is 54.1 Å². The Kier molecular flexibility index (Phi) is 4.50. The van der Waals surface area contributed by atoms with Crippen molar-refractivity contribution in [3.63, 3.8) is 0 Å². The fourth-order valence-corrected chi connectivity index (χ4v) is 4.15. The standard InChI is InChI=1S/C24H16FN3O3/c25-17-10-12-18(13-11-17)27-23(29)20-21(16-8-6-15(14-26)7-9-16)28(31-22(20)24(27)30)19-4-2-1-3-5-19/h1-13,20-22H/t20-,21+,22-/m0/s1. The van der Waals surface area contributed by atoms with Crippen LogP contribution in [0.15, 0.2) is 78.9 Å². The number of hydrogen-bond donors (Lipinski definition) is 0. The maximum Gasteiger partial charge on any atom is 0.266 e. The van der Waals surface area contributed by atoms with Crippen LogP contribution in [0.2, 0.25) is 0 Å². The highest BCUT2D eigenvalue weighted by molar-refractivity contribution is 6.23. The van der Waals surface area contributed by atoms with Gasteiger partial charge < -0.3 is 0 Å². The number of benzene rings is 3. The summed E-state index contributed by atoms with van der Waals surface area (Å²) in [6, 6.07) is 22.8. The number of hydroxylamine groups is 1. The van der Waals surface area contributed by atoms with E-state index in [1.165, 1.54) is 24.3 Å². The van der Waals surface area contributed by atoms with Crippen LogP contribution in [0.4, 0.5) is 15.8 Å². The van der Waals surface area contributed by atoms with E-state index in [2.05, 4.69) is 6.07 Å². The summed E-state index contributed by atoms with van der Waals surface area (Å²) in [7, 11) is 0. The molecule has 152 valence electrons. The van der Waals surface area contributed by atoms with E-state index in [0.717, 1.165) is 10.5 Å². The Morgan fingerprint density at radius 2 is 1.52 bits per heavy atom. The number of hydrogen-bond acceptors (Lipinski definition) is 5. The molecule has 0 spiro atoms. The van der Waals surface area contributed by atoms with Crippen molar-refractivity contribution in [1.29, 1.82) is 5.26 Å². The highest BCUT2D eigenvalue weighted by Crippen LogP contribution is 2.47. The topological polar surface area (TPSA) is 73.6 Å². The number of fused-ring (bicyclic) bond motifs is 1. The summed E-state index contributed by atoms with van der Waals surface area (Å²) in [6.07, 6.45) is -1.00. The molecule has 2 amide bonds. The highest BCUT2D eigenvalue weighted by Gasteiger charge is 2.60. The van der Waals surface area contributed by atoms with E-state index in [1.807, 2.05) is 30.3 Å². The first-order valence-corrected chi connectivity index (χ1v) is 9.73. The summed E-state index contributed by atoms with van der Waals surface area (Å²) in [6.45, 7) is 0. The highest BCUT2D eigenvalue weighted by atomic mass is 19.1. The van der Waals surface area contributed by atoms with E-state index in [-0.39, 0.29) is 0 Å². The molecule has 0 unspecified atom stereocenters. The molecule has 0 aromatic heterocycles. The third-order valence-corrected chi connectivity index (χ3v) is 5.59. The van der Waals surface area contributed by atoms with Crippen LogP contribution in [-0.4, -0.2) is 17.9 Å². The molecule has 0 saturated carbocycles. The molecule has 0 radical (unpaired) electrons. The van der Waals surface area contributed by atoms with Crippen LogP contribution in [0.1, 0.15) is 17.2 Å². The lowest BCUT2D eigenvalue weighted by Gasteiger charge is -2.28. The Morgan fingerprint density at radius 3 is 2.16 bits per heavy atom. The molecule has 3 atom stereocenters. The normalized spacial score (nSPS) is 22.5. The number of rotatable bonds is 3. The van der Waals surface area contributed by atoms with Gasteiger partial charge in [-0.3, -0.25) is 14.4 Å². The first-order valence-electron chi connectivity index (χ1n) is 9.73. The van der Waals surface area contributed by atoms with Gasteiger partial charge in [0.2, 0.25) is 5.91 Å². The molecule has 2 saturated heterocycles. The SMILES string of the molecule is N#Cc1ccc([C@@H]2[C@@H]3C(=O)N(c4ccc(F)cc4)C(=O)[C@H]3ON2c2ccccc2)cc1. The Balaban J connectivity index is 1.58. The Bertz CT molecular complexity index is 1190. The van der Waals surface area contributed by atoms with Crippen LogP contribution in [0.3, 0.4) is 0 Å². The maximum absolute atomic E-state index is 13.4. The predicted octanol–water partition coefficient (Wildman–Crippen LogP) is 3.75. The summed E-state index contributed by atoms with van der Waals surface area (Å²) < 4.78 is 13.3. The number of anilines is 2. The zero-order valence-corrected chi connectivity index (χ0v) is 16.2. The summed E-state index contributed by atoms with van der Waals surface area (Å²) in [4.78, 5) is 33.7. The summed E-state index contributed by atoms with van der Waals surface area (Å²) in [5.41, 5.74) is 2.25. The molecule has 2 heterocycles. The van der Waals surface area contributed by atoms with Crippen LogP contribution >= 0.6 is 0 Å². The van der Waals surface area contributed by atoms with Gasteiger partial charge in [0.25, 0.3) is 5.91 Å². The van der Waals surface area contributed by atoms with Gasteiger partial charge in [0.15, 0.2) is 6.10 Å². The summed E-state index contributed by atoms with van der Waals surface area (Å²) in [5.74, 6) is -2.14. The van der Waals surface area contributed by atoms with Gasteiger partial charge in [-0.2, -0.15) is 5.26 Å². The van der Waals surface area contributed by atoms with Gasteiger partial charge in [-0.25, -0.2) is 14.4 Å². The second kappa shape index (κ2) is 7.35. The van der Waals surface area contributed by atoms with Crippen molar-refractivity contribution >= 4 is 23.2 Å². The van der Waals surface area contributed by atoms with Gasteiger partial charge in [0.05, 0.1) is 29.0 Å². The van der Waals surface area contributed by atoms with E-state index in [9.17, 15) is 14.0 Å². The number of amides is 2. The molecule has 31 heavy (non-hydrogen) atoms. The molecule has 5 rings (SSSR count). The molecule has 2 aliphatic rings. The molecule has 2 fully saturated rings. The van der Waals surface area contributed by atoms with Gasteiger partial charge in [0, 0.05) is 0 Å². The number of carbonyl (C=O) groups is 2. The second-order valence-corrected chi connectivity index (χ2v) is 7.38. The minimum absolute atomic E-state index is 0.305. The average molecular weight is 413 g/mol. The number of imide groups is 1. The van der Waals surface area contributed by atoms with Gasteiger partial charge in [0.1, 0.15) is 11.7 Å². The monoisotopic (exact) mass is 413 g/mol. The van der Waals surface area contributed by atoms with Crippen LogP contribution in [0.25, 0.3) is 0 Å². The van der Waals surface area contributed by atoms with Crippen molar-refractivity contribution in [2.75, 3.05) is 9.96 Å². The number of halogens is 1. The first-order chi connectivity index (χ1) is 15.1. The lowest BCUT2D eigenvalue weighted by Crippen LogP contribution is -2.37. The van der Waals surface area contributed by atoms with Crippen molar-refractivity contribution in [3.8, 4) is 6.07 Å². The van der Waals surface area contributed by atoms with Crippen molar-refractivity contribution in [3.05, 3.63) is 95.8 Å². The van der Waals surface area contributed by atoms with Crippen LogP contribution in [0, 0.1) is 23.1 Å². The average Bonchev–Trinajstić information content (AvgIpc) is 3.31. The smallest absolute Gasteiger partial charge is 0.266 e. The molecule has 3 aromatic rings. The number of carbonyl (C=O) groups excluding carboxylic acids is 2. The van der Waals surface area contributed by atoms with E-state index >= 15 is 0 Å². The van der Waals surface area contributed by atoms with E-state index in [1.54, 1.807) is 29.3 Å². The Hall–Kier alpha value is -4.02. The summed E-state index contributed by atoms with van der Waals surface area (Å²) >= 11 is 0. The van der Waals surface area contributed by atoms with Crippen molar-refractivity contribution in [2.24, 2.45) is 5.92 Å². The quantitative estimate of drug-likeness (QED) is 0.612. The molecule has 6 nitrogen and oxygen atoms in total. The minimum Gasteiger partial charge on any atom is -0.273 e. The fourth-order valence-electron chi connectivity index (χ4n) is 4.15. The molecular weight excluding hydrogens is 397 g/mol. The van der Waals surface area contributed by atoms with Crippen molar-refractivity contribution in [2.45, 2.75) is 12.1 Å². The molecule has 0 N–H and O–H groups in total. The first kappa shape index (κ1) is 19.0. The maximum atomic E-state index is 13.4. The molecule has 0 bridgehead atoms. The van der Waals surface area contributed by atoms with Crippen LogP contribution in [-0.2, 0) is 14.4 Å². The number of nitrogens with zero attached hydrogens (tertiary/aromatic N) is 3. The molecule has 3 aromatic carbocycles. The van der Waals surface area contributed by atoms with E-state index in [4.69, 9.17) is 10.1 Å². The second-order valence-electron chi connectivity index (χ2n) is 7.38. The van der Waals surface area contributed by atoms with Gasteiger partial charge >= 0.3 is 0 Å². The Labute approximate surface area is 177 Å². The number of nitriles is 1.